The normalized spacial score (nSPS) is 10.2. The Morgan fingerprint density at radius 2 is 2.23 bits per heavy atom. The predicted octanol–water partition coefficient (Wildman–Crippen LogP) is 3.60. The molecule has 0 fully saturated rings. The SMILES string of the molecule is CCOc1c(SC)ccc(Cl)c1F. The largest absolute Gasteiger partial charge is 0.490 e. The smallest absolute Gasteiger partial charge is 0.184 e. The molecule has 1 aromatic carbocycles. The van der Waals surface area contributed by atoms with Crippen LogP contribution < -0.4 is 4.74 Å². The van der Waals surface area contributed by atoms with E-state index in [1.54, 1.807) is 6.07 Å². The predicted molar refractivity (Wildman–Crippen MR) is 54.4 cm³/mol. The summed E-state index contributed by atoms with van der Waals surface area (Å²) in [6.07, 6.45) is 1.87. The van der Waals surface area contributed by atoms with Crippen molar-refractivity contribution in [3.8, 4) is 5.75 Å². The van der Waals surface area contributed by atoms with Gasteiger partial charge in [0.1, 0.15) is 0 Å². The highest BCUT2D eigenvalue weighted by atomic mass is 35.5. The second kappa shape index (κ2) is 4.72. The standard InChI is InChI=1S/C9H10ClFOS/c1-3-12-9-7(13-2)5-4-6(10)8(9)11/h4-5H,3H2,1-2H3. The van der Waals surface area contributed by atoms with Crippen molar-refractivity contribution < 1.29 is 9.13 Å². The van der Waals surface area contributed by atoms with E-state index in [0.717, 1.165) is 4.90 Å². The lowest BCUT2D eigenvalue weighted by atomic mass is 10.3. The van der Waals surface area contributed by atoms with E-state index in [9.17, 15) is 4.39 Å². The minimum atomic E-state index is -0.477. The van der Waals surface area contributed by atoms with Crippen LogP contribution >= 0.6 is 23.4 Å². The molecule has 13 heavy (non-hydrogen) atoms. The molecule has 0 aromatic heterocycles. The molecule has 1 aromatic rings. The van der Waals surface area contributed by atoms with Crippen molar-refractivity contribution in [1.29, 1.82) is 0 Å². The fourth-order valence-electron chi connectivity index (χ4n) is 0.954. The van der Waals surface area contributed by atoms with Crippen LogP contribution in [0.4, 0.5) is 4.39 Å². The van der Waals surface area contributed by atoms with Gasteiger partial charge in [0.15, 0.2) is 11.6 Å². The highest BCUT2D eigenvalue weighted by molar-refractivity contribution is 7.98. The molecule has 1 nitrogen and oxygen atoms in total. The second-order valence-corrected chi connectivity index (χ2v) is 3.58. The zero-order chi connectivity index (χ0) is 9.84. The molecule has 4 heteroatoms. The van der Waals surface area contributed by atoms with E-state index in [1.807, 2.05) is 13.2 Å². The molecule has 0 N–H and O–H groups in total. The Kier molecular flexibility index (Phi) is 3.88. The first-order valence-electron chi connectivity index (χ1n) is 3.85. The molecule has 0 radical (unpaired) electrons. The van der Waals surface area contributed by atoms with Crippen LogP contribution in [0.5, 0.6) is 5.75 Å². The summed E-state index contributed by atoms with van der Waals surface area (Å²) in [6.45, 7) is 2.25. The van der Waals surface area contributed by atoms with Gasteiger partial charge >= 0.3 is 0 Å². The third kappa shape index (κ3) is 2.29. The van der Waals surface area contributed by atoms with E-state index in [2.05, 4.69) is 0 Å². The van der Waals surface area contributed by atoms with Crippen molar-refractivity contribution >= 4 is 23.4 Å². The van der Waals surface area contributed by atoms with Crippen molar-refractivity contribution in [3.63, 3.8) is 0 Å². The summed E-state index contributed by atoms with van der Waals surface area (Å²) < 4.78 is 18.5. The average Bonchev–Trinajstić information content (AvgIpc) is 2.14. The minimum Gasteiger partial charge on any atom is -0.490 e. The molecule has 0 aliphatic rings. The van der Waals surface area contributed by atoms with Gasteiger partial charge in [-0.15, -0.1) is 11.8 Å². The highest BCUT2D eigenvalue weighted by Gasteiger charge is 2.12. The fourth-order valence-corrected chi connectivity index (χ4v) is 1.64. The molecule has 0 amide bonds. The number of thioether (sulfide) groups is 1. The Bertz CT molecular complexity index is 304. The van der Waals surface area contributed by atoms with Gasteiger partial charge in [-0.2, -0.15) is 0 Å². The van der Waals surface area contributed by atoms with Gasteiger partial charge in [0.2, 0.25) is 0 Å². The number of hydrogen-bond acceptors (Lipinski definition) is 2. The Labute approximate surface area is 86.2 Å². The van der Waals surface area contributed by atoms with E-state index < -0.39 is 5.82 Å². The summed E-state index contributed by atoms with van der Waals surface area (Å²) in [6, 6.07) is 3.28. The molecule has 0 heterocycles. The van der Waals surface area contributed by atoms with Gasteiger partial charge in [-0.1, -0.05) is 11.6 Å². The van der Waals surface area contributed by atoms with E-state index in [0.29, 0.717) is 6.61 Å². The van der Waals surface area contributed by atoms with Gasteiger partial charge in [0.05, 0.1) is 16.5 Å². The average molecular weight is 221 g/mol. The van der Waals surface area contributed by atoms with Crippen LogP contribution in [-0.4, -0.2) is 12.9 Å². The lowest BCUT2D eigenvalue weighted by Crippen LogP contribution is -1.96. The van der Waals surface area contributed by atoms with Crippen molar-refractivity contribution in [2.24, 2.45) is 0 Å². The highest BCUT2D eigenvalue weighted by Crippen LogP contribution is 2.34. The third-order valence-electron chi connectivity index (χ3n) is 1.52. The molecule has 0 aliphatic heterocycles. The zero-order valence-electron chi connectivity index (χ0n) is 7.43. The molecular weight excluding hydrogens is 211 g/mol. The van der Waals surface area contributed by atoms with Crippen LogP contribution in [-0.2, 0) is 0 Å². The first kappa shape index (κ1) is 10.7. The summed E-state index contributed by atoms with van der Waals surface area (Å²) in [5.74, 6) is -0.224. The molecule has 1 rings (SSSR count). The van der Waals surface area contributed by atoms with Crippen LogP contribution in [0.15, 0.2) is 17.0 Å². The Balaban J connectivity index is 3.15. The van der Waals surface area contributed by atoms with Gasteiger partial charge in [0, 0.05) is 0 Å². The zero-order valence-corrected chi connectivity index (χ0v) is 9.01. The maximum atomic E-state index is 13.4. The topological polar surface area (TPSA) is 9.23 Å². The molecule has 0 aliphatic carbocycles. The maximum absolute atomic E-state index is 13.4. The third-order valence-corrected chi connectivity index (χ3v) is 2.58. The van der Waals surface area contributed by atoms with Gasteiger partial charge in [-0.3, -0.25) is 0 Å². The molecule has 72 valence electrons. The van der Waals surface area contributed by atoms with Gasteiger partial charge < -0.3 is 4.74 Å². The van der Waals surface area contributed by atoms with Crippen LogP contribution in [0.1, 0.15) is 6.92 Å². The first-order chi connectivity index (χ1) is 6.20. The van der Waals surface area contributed by atoms with E-state index in [4.69, 9.17) is 16.3 Å². The summed E-state index contributed by atoms with van der Waals surface area (Å²) in [7, 11) is 0. The van der Waals surface area contributed by atoms with Crippen molar-refractivity contribution in [3.05, 3.63) is 23.0 Å². The van der Waals surface area contributed by atoms with E-state index in [1.165, 1.54) is 17.8 Å². The molecular formula is C9H10ClFOS. The number of halogens is 2. The number of rotatable bonds is 3. The van der Waals surface area contributed by atoms with Crippen LogP contribution in [0.2, 0.25) is 5.02 Å². The van der Waals surface area contributed by atoms with Crippen LogP contribution in [0, 0.1) is 5.82 Å². The number of hydrogen-bond donors (Lipinski definition) is 0. The molecule has 0 bridgehead atoms. The summed E-state index contributed by atoms with van der Waals surface area (Å²) in [4.78, 5) is 0.767. The number of ether oxygens (including phenoxy) is 1. The molecule has 0 saturated heterocycles. The summed E-state index contributed by atoms with van der Waals surface area (Å²) in [5.41, 5.74) is 0. The molecule has 0 spiro atoms. The van der Waals surface area contributed by atoms with Crippen LogP contribution in [0.25, 0.3) is 0 Å². The van der Waals surface area contributed by atoms with E-state index >= 15 is 0 Å². The monoisotopic (exact) mass is 220 g/mol. The van der Waals surface area contributed by atoms with Gasteiger partial charge in [0.25, 0.3) is 0 Å². The van der Waals surface area contributed by atoms with Gasteiger partial charge in [-0.05, 0) is 25.3 Å². The molecule has 0 atom stereocenters. The van der Waals surface area contributed by atoms with Crippen LogP contribution in [0.3, 0.4) is 0 Å². The molecule has 0 saturated carbocycles. The lowest BCUT2D eigenvalue weighted by Gasteiger charge is -2.09. The minimum absolute atomic E-state index is 0.0984. The summed E-state index contributed by atoms with van der Waals surface area (Å²) in [5, 5.41) is 0.0984. The molecule has 0 unspecified atom stereocenters. The fraction of sp³-hybridized carbons (Fsp3) is 0.333. The number of benzene rings is 1. The first-order valence-corrected chi connectivity index (χ1v) is 5.45. The van der Waals surface area contributed by atoms with Crippen molar-refractivity contribution in [2.45, 2.75) is 11.8 Å². The van der Waals surface area contributed by atoms with Crippen molar-refractivity contribution in [1.82, 2.24) is 0 Å². The van der Waals surface area contributed by atoms with Crippen molar-refractivity contribution in [2.75, 3.05) is 12.9 Å². The Morgan fingerprint density at radius 1 is 1.54 bits per heavy atom. The Hall–Kier alpha value is -0.410. The lowest BCUT2D eigenvalue weighted by molar-refractivity contribution is 0.313. The maximum Gasteiger partial charge on any atom is 0.184 e. The summed E-state index contributed by atoms with van der Waals surface area (Å²) >= 11 is 7.05. The Morgan fingerprint density at radius 3 is 2.77 bits per heavy atom. The van der Waals surface area contributed by atoms with E-state index in [-0.39, 0.29) is 10.8 Å². The van der Waals surface area contributed by atoms with Gasteiger partial charge in [-0.25, -0.2) is 4.39 Å². The quantitative estimate of drug-likeness (QED) is 0.720. The second-order valence-electron chi connectivity index (χ2n) is 2.33.